The number of hydrogen-bond donors (Lipinski definition) is 0. The summed E-state index contributed by atoms with van der Waals surface area (Å²) in [5.41, 5.74) is 2.55. The molecule has 1 aromatic heterocycles. The fraction of sp³-hybridized carbons (Fsp3) is 0.0556. The third-order valence-electron chi connectivity index (χ3n) is 3.28. The van der Waals surface area contributed by atoms with E-state index in [1.165, 1.54) is 6.07 Å². The van der Waals surface area contributed by atoms with Crippen molar-refractivity contribution < 1.29 is 18.8 Å². The second-order valence-corrected chi connectivity index (χ2v) is 5.02. The van der Waals surface area contributed by atoms with E-state index in [-0.39, 0.29) is 5.69 Å². The number of aldehydes is 1. The predicted molar refractivity (Wildman–Crippen MR) is 83.5 cm³/mol. The van der Waals surface area contributed by atoms with Crippen molar-refractivity contribution >= 4 is 12.3 Å². The second-order valence-electron chi connectivity index (χ2n) is 5.02. The van der Waals surface area contributed by atoms with Crippen molar-refractivity contribution in [1.29, 1.82) is 0 Å². The van der Waals surface area contributed by atoms with E-state index in [2.05, 4.69) is 5.16 Å². The van der Waals surface area contributed by atoms with Crippen molar-refractivity contribution in [2.45, 2.75) is 6.92 Å². The van der Waals surface area contributed by atoms with Crippen molar-refractivity contribution in [3.8, 4) is 17.1 Å². The average molecular weight is 307 g/mol. The summed E-state index contributed by atoms with van der Waals surface area (Å²) in [6.45, 7) is 1.99. The van der Waals surface area contributed by atoms with E-state index in [9.17, 15) is 9.59 Å². The smallest absolute Gasteiger partial charge is 0.365 e. The number of carbonyl (C=O) groups excluding carboxylic acids is 2. The predicted octanol–water partition coefficient (Wildman–Crippen LogP) is 3.68. The summed E-state index contributed by atoms with van der Waals surface area (Å²) in [5, 5.41) is 3.74. The van der Waals surface area contributed by atoms with Gasteiger partial charge in [0.15, 0.2) is 11.5 Å². The van der Waals surface area contributed by atoms with E-state index in [1.54, 1.807) is 24.3 Å². The van der Waals surface area contributed by atoms with Crippen molar-refractivity contribution in [2.24, 2.45) is 0 Å². The molecule has 114 valence electrons. The minimum Gasteiger partial charge on any atom is -0.422 e. The van der Waals surface area contributed by atoms with Crippen molar-refractivity contribution in [3.63, 3.8) is 0 Å². The molecule has 1 heterocycles. The van der Waals surface area contributed by atoms with Gasteiger partial charge in [0.25, 0.3) is 0 Å². The first-order chi connectivity index (χ1) is 11.2. The molecule has 0 saturated carbocycles. The van der Waals surface area contributed by atoms with Gasteiger partial charge in [-0.3, -0.25) is 4.79 Å². The van der Waals surface area contributed by atoms with Gasteiger partial charge in [-0.15, -0.1) is 0 Å². The second kappa shape index (κ2) is 6.27. The molecular weight excluding hydrogens is 294 g/mol. The highest BCUT2D eigenvalue weighted by atomic mass is 16.5. The fourth-order valence-corrected chi connectivity index (χ4v) is 2.00. The standard InChI is InChI=1S/C18H13NO4/c1-12-2-6-14(7-3-12)17-10-16(19-23-17)18(21)22-15-8-4-13(11-20)5-9-15/h2-11H,1H3. The molecule has 23 heavy (non-hydrogen) atoms. The normalized spacial score (nSPS) is 10.3. The Balaban J connectivity index is 1.75. The Morgan fingerprint density at radius 3 is 2.43 bits per heavy atom. The summed E-state index contributed by atoms with van der Waals surface area (Å²) in [4.78, 5) is 22.6. The first-order valence-electron chi connectivity index (χ1n) is 6.97. The third kappa shape index (κ3) is 3.35. The summed E-state index contributed by atoms with van der Waals surface area (Å²) in [6.07, 6.45) is 0.719. The van der Waals surface area contributed by atoms with E-state index >= 15 is 0 Å². The topological polar surface area (TPSA) is 69.4 Å². The molecular formula is C18H13NO4. The highest BCUT2D eigenvalue weighted by Crippen LogP contribution is 2.21. The molecule has 0 aliphatic carbocycles. The fourth-order valence-electron chi connectivity index (χ4n) is 2.00. The molecule has 0 saturated heterocycles. The number of aryl methyl sites for hydroxylation is 1. The number of aromatic nitrogens is 1. The van der Waals surface area contributed by atoms with Crippen LogP contribution in [0.15, 0.2) is 59.1 Å². The van der Waals surface area contributed by atoms with Crippen LogP contribution in [0.4, 0.5) is 0 Å². The van der Waals surface area contributed by atoms with Crippen molar-refractivity contribution in [1.82, 2.24) is 5.16 Å². The number of hydrogen-bond acceptors (Lipinski definition) is 5. The molecule has 0 bridgehead atoms. The number of carbonyl (C=O) groups is 2. The van der Waals surface area contributed by atoms with Crippen LogP contribution in [0.3, 0.4) is 0 Å². The van der Waals surface area contributed by atoms with Crippen molar-refractivity contribution in [2.75, 3.05) is 0 Å². The quantitative estimate of drug-likeness (QED) is 0.418. The van der Waals surface area contributed by atoms with Crippen LogP contribution in [-0.2, 0) is 0 Å². The lowest BCUT2D eigenvalue weighted by Crippen LogP contribution is -2.08. The van der Waals surface area contributed by atoms with E-state index < -0.39 is 5.97 Å². The minimum absolute atomic E-state index is 0.0834. The summed E-state index contributed by atoms with van der Waals surface area (Å²) in [7, 11) is 0. The molecule has 0 aliphatic rings. The summed E-state index contributed by atoms with van der Waals surface area (Å²) >= 11 is 0. The highest BCUT2D eigenvalue weighted by Gasteiger charge is 2.16. The van der Waals surface area contributed by atoms with Crippen LogP contribution in [0.5, 0.6) is 5.75 Å². The van der Waals surface area contributed by atoms with Gasteiger partial charge in [-0.2, -0.15) is 0 Å². The van der Waals surface area contributed by atoms with Gasteiger partial charge in [0, 0.05) is 17.2 Å². The molecule has 0 spiro atoms. The highest BCUT2D eigenvalue weighted by molar-refractivity contribution is 5.90. The van der Waals surface area contributed by atoms with E-state index in [0.717, 1.165) is 17.4 Å². The Morgan fingerprint density at radius 2 is 1.78 bits per heavy atom. The molecule has 2 aromatic carbocycles. The van der Waals surface area contributed by atoms with Crippen LogP contribution >= 0.6 is 0 Å². The number of benzene rings is 2. The molecule has 0 unspecified atom stereocenters. The molecule has 0 atom stereocenters. The number of rotatable bonds is 4. The molecule has 5 heteroatoms. The third-order valence-corrected chi connectivity index (χ3v) is 3.28. The maximum atomic E-state index is 12.1. The molecule has 0 amide bonds. The lowest BCUT2D eigenvalue weighted by Gasteiger charge is -2.01. The van der Waals surface area contributed by atoms with Gasteiger partial charge in [0.05, 0.1) is 0 Å². The maximum absolute atomic E-state index is 12.1. The molecule has 0 radical (unpaired) electrons. The van der Waals surface area contributed by atoms with Crippen LogP contribution in [0.2, 0.25) is 0 Å². The van der Waals surface area contributed by atoms with Gasteiger partial charge in [0.1, 0.15) is 12.0 Å². The summed E-state index contributed by atoms with van der Waals surface area (Å²) in [5.74, 6) is 0.208. The first kappa shape index (κ1) is 14.7. The van der Waals surface area contributed by atoms with Gasteiger partial charge < -0.3 is 9.26 Å². The van der Waals surface area contributed by atoms with E-state index in [4.69, 9.17) is 9.26 Å². The molecule has 0 N–H and O–H groups in total. The van der Waals surface area contributed by atoms with Gasteiger partial charge in [0.2, 0.25) is 0 Å². The van der Waals surface area contributed by atoms with E-state index in [0.29, 0.717) is 17.1 Å². The van der Waals surface area contributed by atoms with Crippen LogP contribution in [-0.4, -0.2) is 17.4 Å². The molecule has 5 nitrogen and oxygen atoms in total. The van der Waals surface area contributed by atoms with E-state index in [1.807, 2.05) is 31.2 Å². The SMILES string of the molecule is Cc1ccc(-c2cc(C(=O)Oc3ccc(C=O)cc3)no2)cc1. The zero-order valence-electron chi connectivity index (χ0n) is 12.4. The number of nitrogens with zero attached hydrogens (tertiary/aromatic N) is 1. The number of esters is 1. The van der Waals surface area contributed by atoms with Crippen LogP contribution in [0, 0.1) is 6.92 Å². The summed E-state index contributed by atoms with van der Waals surface area (Å²) < 4.78 is 10.4. The Labute approximate surface area is 132 Å². The lowest BCUT2D eigenvalue weighted by molar-refractivity contribution is 0.0724. The van der Waals surface area contributed by atoms with Crippen molar-refractivity contribution in [3.05, 3.63) is 71.4 Å². The first-order valence-corrected chi connectivity index (χ1v) is 6.97. The lowest BCUT2D eigenvalue weighted by atomic mass is 10.1. The average Bonchev–Trinajstić information content (AvgIpc) is 3.06. The largest absolute Gasteiger partial charge is 0.422 e. The Bertz CT molecular complexity index is 832. The molecule has 0 aliphatic heterocycles. The van der Waals surface area contributed by atoms with Gasteiger partial charge >= 0.3 is 5.97 Å². The zero-order valence-corrected chi connectivity index (χ0v) is 12.4. The molecule has 3 aromatic rings. The van der Waals surface area contributed by atoms with Gasteiger partial charge in [-0.05, 0) is 31.2 Å². The van der Waals surface area contributed by atoms with Gasteiger partial charge in [-0.25, -0.2) is 4.79 Å². The van der Waals surface area contributed by atoms with Crippen LogP contribution in [0.25, 0.3) is 11.3 Å². The van der Waals surface area contributed by atoms with Crippen LogP contribution < -0.4 is 4.74 Å². The summed E-state index contributed by atoms with van der Waals surface area (Å²) in [6, 6.07) is 15.4. The zero-order chi connectivity index (χ0) is 16.2. The Kier molecular flexibility index (Phi) is 4.01. The Hall–Kier alpha value is -3.21. The number of ether oxygens (including phenoxy) is 1. The Morgan fingerprint density at radius 1 is 1.09 bits per heavy atom. The molecule has 3 rings (SSSR count). The maximum Gasteiger partial charge on any atom is 0.365 e. The minimum atomic E-state index is -0.619. The van der Waals surface area contributed by atoms with Gasteiger partial charge in [-0.1, -0.05) is 35.0 Å². The van der Waals surface area contributed by atoms with Crippen LogP contribution in [0.1, 0.15) is 26.4 Å². The molecule has 0 fully saturated rings. The monoisotopic (exact) mass is 307 g/mol.